The summed E-state index contributed by atoms with van der Waals surface area (Å²) in [6.07, 6.45) is 2.96. The van der Waals surface area contributed by atoms with Crippen LogP contribution in [0.2, 0.25) is 0 Å². The van der Waals surface area contributed by atoms with Gasteiger partial charge in [0.2, 0.25) is 0 Å². The number of thioether (sulfide) groups is 1. The lowest BCUT2D eigenvalue weighted by Gasteiger charge is -2.17. The molecule has 2 aromatic rings. The molecule has 0 bridgehead atoms. The molecule has 0 fully saturated rings. The first-order valence-corrected chi connectivity index (χ1v) is 8.57. The van der Waals surface area contributed by atoms with E-state index in [-0.39, 0.29) is 16.7 Å². The average molecular weight is 311 g/mol. The summed E-state index contributed by atoms with van der Waals surface area (Å²) in [6, 6.07) is 3.63. The van der Waals surface area contributed by atoms with Gasteiger partial charge in [0.1, 0.15) is 5.69 Å². The van der Waals surface area contributed by atoms with Crippen LogP contribution in [0.15, 0.2) is 12.1 Å². The molecule has 0 radical (unpaired) electrons. The fraction of sp³-hybridized carbons (Fsp3) is 0.462. The van der Waals surface area contributed by atoms with Crippen molar-refractivity contribution in [2.24, 2.45) is 0 Å². The molecule has 0 saturated carbocycles. The molecule has 108 valence electrons. The monoisotopic (exact) mass is 311 g/mol. The number of rotatable bonds is 6. The molecular formula is C13H17N3O2S2. The van der Waals surface area contributed by atoms with E-state index in [2.05, 4.69) is 17.2 Å². The number of aromatic nitrogens is 1. The number of nitro groups is 1. The average Bonchev–Trinajstić information content (AvgIpc) is 2.76. The highest BCUT2D eigenvalue weighted by Crippen LogP contribution is 2.33. The summed E-state index contributed by atoms with van der Waals surface area (Å²) in [4.78, 5) is 15.3. The topological polar surface area (TPSA) is 68.1 Å². The third kappa shape index (κ3) is 3.21. The Balaban J connectivity index is 2.43. The zero-order chi connectivity index (χ0) is 14.7. The van der Waals surface area contributed by atoms with Crippen LogP contribution in [0.1, 0.15) is 18.4 Å². The quantitative estimate of drug-likeness (QED) is 0.643. The minimum atomic E-state index is -0.331. The van der Waals surface area contributed by atoms with Crippen molar-refractivity contribution in [2.75, 3.05) is 17.3 Å². The largest absolute Gasteiger partial charge is 0.376 e. The molecule has 0 aliphatic heterocycles. The predicted octanol–water partition coefficient (Wildman–Crippen LogP) is 4.07. The van der Waals surface area contributed by atoms with Crippen LogP contribution in [0.4, 0.5) is 11.4 Å². The maximum atomic E-state index is 11.2. The number of aryl methyl sites for hydroxylation is 1. The van der Waals surface area contributed by atoms with E-state index in [9.17, 15) is 10.1 Å². The summed E-state index contributed by atoms with van der Waals surface area (Å²) in [5.74, 6) is 0.918. The first kappa shape index (κ1) is 15.1. The van der Waals surface area contributed by atoms with E-state index in [1.165, 1.54) is 11.3 Å². The van der Waals surface area contributed by atoms with E-state index in [1.807, 2.05) is 13.2 Å². The molecule has 1 N–H and O–H groups in total. The minimum absolute atomic E-state index is 0.126. The van der Waals surface area contributed by atoms with Crippen LogP contribution in [-0.2, 0) is 0 Å². The van der Waals surface area contributed by atoms with Crippen molar-refractivity contribution in [2.45, 2.75) is 26.3 Å². The van der Waals surface area contributed by atoms with Crippen LogP contribution >= 0.6 is 23.1 Å². The summed E-state index contributed by atoms with van der Waals surface area (Å²) in [5, 5.41) is 15.4. The number of nitrogens with one attached hydrogen (secondary N) is 1. The highest BCUT2D eigenvalue weighted by Gasteiger charge is 2.19. The Hall–Kier alpha value is -1.34. The van der Waals surface area contributed by atoms with Gasteiger partial charge in [-0.3, -0.25) is 10.1 Å². The number of thiazole rings is 1. The van der Waals surface area contributed by atoms with Gasteiger partial charge in [0.05, 0.1) is 20.1 Å². The second-order valence-electron chi connectivity index (χ2n) is 4.53. The van der Waals surface area contributed by atoms with Crippen molar-refractivity contribution in [3.63, 3.8) is 0 Å². The van der Waals surface area contributed by atoms with E-state index < -0.39 is 0 Å². The van der Waals surface area contributed by atoms with Gasteiger partial charge in [-0.05, 0) is 25.7 Å². The Labute approximate surface area is 125 Å². The number of nitrogens with zero attached hydrogens (tertiary/aromatic N) is 2. The molecule has 0 spiro atoms. The predicted molar refractivity (Wildman–Crippen MR) is 87.1 cm³/mol. The Kier molecular flexibility index (Phi) is 4.82. The minimum Gasteiger partial charge on any atom is -0.376 e. The highest BCUT2D eigenvalue weighted by atomic mass is 32.2. The standard InChI is InChI=1S/C13H17N3O2S2/c1-4-9(7-19-3)15-10-5-11-13(20-8(2)14-11)6-12(10)16(17)18/h5-6,9,15H,4,7H2,1-3H3. The third-order valence-electron chi connectivity index (χ3n) is 3.03. The molecule has 1 aromatic heterocycles. The molecule has 0 aliphatic rings. The summed E-state index contributed by atoms with van der Waals surface area (Å²) in [6.45, 7) is 3.98. The Morgan fingerprint density at radius 2 is 2.30 bits per heavy atom. The van der Waals surface area contributed by atoms with Gasteiger partial charge in [0, 0.05) is 17.9 Å². The molecule has 1 unspecified atom stereocenters. The number of anilines is 1. The number of nitro benzene ring substituents is 1. The molecule has 1 heterocycles. The molecule has 0 amide bonds. The molecule has 1 atom stereocenters. The molecule has 2 rings (SSSR count). The maximum absolute atomic E-state index is 11.2. The van der Waals surface area contributed by atoms with Crippen molar-refractivity contribution in [3.8, 4) is 0 Å². The van der Waals surface area contributed by atoms with E-state index in [1.54, 1.807) is 23.9 Å². The smallest absolute Gasteiger partial charge is 0.293 e. The first-order chi connectivity index (χ1) is 9.55. The molecule has 7 heteroatoms. The van der Waals surface area contributed by atoms with Crippen molar-refractivity contribution < 1.29 is 4.92 Å². The zero-order valence-electron chi connectivity index (χ0n) is 11.7. The number of benzene rings is 1. The van der Waals surface area contributed by atoms with Crippen molar-refractivity contribution in [1.29, 1.82) is 0 Å². The Morgan fingerprint density at radius 1 is 1.55 bits per heavy atom. The second-order valence-corrected chi connectivity index (χ2v) is 6.68. The molecule has 1 aromatic carbocycles. The van der Waals surface area contributed by atoms with Gasteiger partial charge in [0.15, 0.2) is 0 Å². The van der Waals surface area contributed by atoms with Crippen LogP contribution in [0, 0.1) is 17.0 Å². The lowest BCUT2D eigenvalue weighted by molar-refractivity contribution is -0.383. The second kappa shape index (κ2) is 6.41. The number of hydrogen-bond acceptors (Lipinski definition) is 6. The third-order valence-corrected chi connectivity index (χ3v) is 4.70. The summed E-state index contributed by atoms with van der Waals surface area (Å²) in [5.41, 5.74) is 1.51. The summed E-state index contributed by atoms with van der Waals surface area (Å²) >= 11 is 3.21. The van der Waals surface area contributed by atoms with Crippen LogP contribution in [0.5, 0.6) is 0 Å². The molecule has 0 saturated heterocycles. The van der Waals surface area contributed by atoms with Crippen molar-refractivity contribution >= 4 is 44.7 Å². The van der Waals surface area contributed by atoms with Crippen LogP contribution < -0.4 is 5.32 Å². The van der Waals surface area contributed by atoms with E-state index in [0.717, 1.165) is 27.4 Å². The first-order valence-electron chi connectivity index (χ1n) is 6.36. The summed E-state index contributed by atoms with van der Waals surface area (Å²) in [7, 11) is 0. The van der Waals surface area contributed by atoms with Gasteiger partial charge in [-0.15, -0.1) is 11.3 Å². The van der Waals surface area contributed by atoms with Crippen molar-refractivity contribution in [1.82, 2.24) is 4.98 Å². The van der Waals surface area contributed by atoms with E-state index in [0.29, 0.717) is 5.69 Å². The van der Waals surface area contributed by atoms with Gasteiger partial charge >= 0.3 is 0 Å². The zero-order valence-corrected chi connectivity index (χ0v) is 13.3. The van der Waals surface area contributed by atoms with Gasteiger partial charge < -0.3 is 5.32 Å². The lowest BCUT2D eigenvalue weighted by Crippen LogP contribution is -2.21. The van der Waals surface area contributed by atoms with Crippen LogP contribution in [0.25, 0.3) is 10.2 Å². The van der Waals surface area contributed by atoms with E-state index in [4.69, 9.17) is 0 Å². The molecule has 5 nitrogen and oxygen atoms in total. The van der Waals surface area contributed by atoms with Gasteiger partial charge in [-0.2, -0.15) is 11.8 Å². The fourth-order valence-corrected chi connectivity index (χ4v) is 3.59. The number of hydrogen-bond donors (Lipinski definition) is 1. The lowest BCUT2D eigenvalue weighted by atomic mass is 10.2. The van der Waals surface area contributed by atoms with Crippen LogP contribution in [0.3, 0.4) is 0 Å². The maximum Gasteiger partial charge on any atom is 0.293 e. The van der Waals surface area contributed by atoms with Crippen molar-refractivity contribution in [3.05, 3.63) is 27.3 Å². The van der Waals surface area contributed by atoms with E-state index >= 15 is 0 Å². The summed E-state index contributed by atoms with van der Waals surface area (Å²) < 4.78 is 0.859. The molecule has 0 aliphatic carbocycles. The molecular weight excluding hydrogens is 294 g/mol. The van der Waals surface area contributed by atoms with Gasteiger partial charge in [0.25, 0.3) is 5.69 Å². The fourth-order valence-electron chi connectivity index (χ4n) is 2.03. The Morgan fingerprint density at radius 3 is 2.90 bits per heavy atom. The van der Waals surface area contributed by atoms with Gasteiger partial charge in [-0.1, -0.05) is 6.92 Å². The van der Waals surface area contributed by atoms with Gasteiger partial charge in [-0.25, -0.2) is 4.98 Å². The highest BCUT2D eigenvalue weighted by molar-refractivity contribution is 7.98. The molecule has 20 heavy (non-hydrogen) atoms. The number of fused-ring (bicyclic) bond motifs is 1. The normalized spacial score (nSPS) is 12.6. The Bertz CT molecular complexity index is 627. The SMILES string of the molecule is CCC(CSC)Nc1cc2nc(C)sc2cc1[N+](=O)[O-]. The van der Waals surface area contributed by atoms with Crippen LogP contribution in [-0.4, -0.2) is 28.0 Å².